The fraction of sp³-hybridized carbons (Fsp3) is 0. The van der Waals surface area contributed by atoms with Gasteiger partial charge in [-0.05, 0) is 11.6 Å². The van der Waals surface area contributed by atoms with Crippen molar-refractivity contribution in [2.75, 3.05) is 0 Å². The molecule has 0 aliphatic carbocycles. The van der Waals surface area contributed by atoms with E-state index in [1.807, 2.05) is 30.3 Å². The van der Waals surface area contributed by atoms with E-state index in [0.717, 1.165) is 11.6 Å². The maximum atomic E-state index is 9.60. The molecule has 0 saturated heterocycles. The highest BCUT2D eigenvalue weighted by Crippen LogP contribution is 2.37. The van der Waals surface area contributed by atoms with Gasteiger partial charge >= 0.3 is 0 Å². The second kappa shape index (κ2) is 3.53. The Morgan fingerprint density at radius 1 is 0.667 bits per heavy atom. The fourth-order valence-corrected chi connectivity index (χ4v) is 1.41. The summed E-state index contributed by atoms with van der Waals surface area (Å²) in [6, 6.07) is 11.6. The van der Waals surface area contributed by atoms with Crippen LogP contribution in [-0.2, 0) is 0 Å². The molecule has 3 heteroatoms. The monoisotopic (exact) mass is 202 g/mol. The first-order chi connectivity index (χ1) is 7.18. The lowest BCUT2D eigenvalue weighted by molar-refractivity contribution is 0.397. The molecule has 3 N–H and O–H groups in total. The third-order valence-electron chi connectivity index (χ3n) is 2.18. The number of phenolic OH excluding ortho intramolecular Hbond substituents is 3. The standard InChI is InChI=1S/C12H10O3/c13-10-7-12(15)11(14)6-9(10)8-4-2-1-3-5-8/h1-7,13-15H. The van der Waals surface area contributed by atoms with E-state index in [4.69, 9.17) is 5.11 Å². The highest BCUT2D eigenvalue weighted by atomic mass is 16.3. The van der Waals surface area contributed by atoms with Crippen LogP contribution in [0, 0.1) is 0 Å². The van der Waals surface area contributed by atoms with E-state index in [0.29, 0.717) is 5.56 Å². The Hall–Kier alpha value is -2.16. The van der Waals surface area contributed by atoms with Gasteiger partial charge in [-0.2, -0.15) is 0 Å². The van der Waals surface area contributed by atoms with Gasteiger partial charge in [-0.15, -0.1) is 0 Å². The van der Waals surface area contributed by atoms with Gasteiger partial charge in [0, 0.05) is 11.6 Å². The maximum Gasteiger partial charge on any atom is 0.161 e. The summed E-state index contributed by atoms with van der Waals surface area (Å²) < 4.78 is 0. The molecule has 0 radical (unpaired) electrons. The number of hydrogen-bond donors (Lipinski definition) is 3. The van der Waals surface area contributed by atoms with E-state index in [1.165, 1.54) is 6.07 Å². The van der Waals surface area contributed by atoms with E-state index in [-0.39, 0.29) is 17.2 Å². The van der Waals surface area contributed by atoms with Gasteiger partial charge in [0.15, 0.2) is 11.5 Å². The highest BCUT2D eigenvalue weighted by molar-refractivity contribution is 5.73. The first-order valence-electron chi connectivity index (χ1n) is 4.49. The molecule has 0 fully saturated rings. The molecule has 0 saturated carbocycles. The number of hydrogen-bond acceptors (Lipinski definition) is 3. The van der Waals surface area contributed by atoms with Crippen LogP contribution in [0.1, 0.15) is 0 Å². The molecule has 76 valence electrons. The van der Waals surface area contributed by atoms with Crippen molar-refractivity contribution in [1.82, 2.24) is 0 Å². The van der Waals surface area contributed by atoms with E-state index in [1.54, 1.807) is 0 Å². The van der Waals surface area contributed by atoms with E-state index < -0.39 is 0 Å². The summed E-state index contributed by atoms with van der Waals surface area (Å²) in [5, 5.41) is 28.1. The molecule has 3 nitrogen and oxygen atoms in total. The smallest absolute Gasteiger partial charge is 0.161 e. The molecule has 2 aromatic rings. The largest absolute Gasteiger partial charge is 0.507 e. The Kier molecular flexibility index (Phi) is 2.21. The Balaban J connectivity index is 2.59. The van der Waals surface area contributed by atoms with Crippen molar-refractivity contribution in [3.63, 3.8) is 0 Å². The van der Waals surface area contributed by atoms with Gasteiger partial charge in [-0.1, -0.05) is 30.3 Å². The molecule has 0 aliphatic rings. The lowest BCUT2D eigenvalue weighted by Crippen LogP contribution is -1.79. The topological polar surface area (TPSA) is 60.7 Å². The van der Waals surface area contributed by atoms with Crippen LogP contribution in [0.5, 0.6) is 17.2 Å². The second-order valence-corrected chi connectivity index (χ2v) is 3.22. The predicted molar refractivity (Wildman–Crippen MR) is 56.9 cm³/mol. The van der Waals surface area contributed by atoms with Crippen molar-refractivity contribution in [1.29, 1.82) is 0 Å². The summed E-state index contributed by atoms with van der Waals surface area (Å²) >= 11 is 0. The van der Waals surface area contributed by atoms with E-state index in [2.05, 4.69) is 0 Å². The van der Waals surface area contributed by atoms with Gasteiger partial charge in [0.25, 0.3) is 0 Å². The van der Waals surface area contributed by atoms with E-state index in [9.17, 15) is 10.2 Å². The third-order valence-corrected chi connectivity index (χ3v) is 2.18. The second-order valence-electron chi connectivity index (χ2n) is 3.22. The summed E-state index contributed by atoms with van der Waals surface area (Å²) in [6.07, 6.45) is 0. The van der Waals surface area contributed by atoms with Crippen molar-refractivity contribution in [2.24, 2.45) is 0 Å². The van der Waals surface area contributed by atoms with Crippen molar-refractivity contribution < 1.29 is 15.3 Å². The summed E-state index contributed by atoms with van der Waals surface area (Å²) in [5.41, 5.74) is 1.27. The molecule has 0 heterocycles. The van der Waals surface area contributed by atoms with Gasteiger partial charge < -0.3 is 15.3 Å². The van der Waals surface area contributed by atoms with Crippen LogP contribution in [0.25, 0.3) is 11.1 Å². The first kappa shape index (κ1) is 9.40. The minimum atomic E-state index is -0.327. The van der Waals surface area contributed by atoms with Gasteiger partial charge in [0.1, 0.15) is 5.75 Å². The Morgan fingerprint density at radius 3 is 1.93 bits per heavy atom. The summed E-state index contributed by atoms with van der Waals surface area (Å²) in [7, 11) is 0. The molecule has 0 aromatic heterocycles. The number of phenols is 3. The summed E-state index contributed by atoms with van der Waals surface area (Å²) in [6.45, 7) is 0. The summed E-state index contributed by atoms with van der Waals surface area (Å²) in [5.74, 6) is -0.629. The normalized spacial score (nSPS) is 10.1. The molecular formula is C12H10O3. The van der Waals surface area contributed by atoms with Crippen LogP contribution in [0.3, 0.4) is 0 Å². The molecule has 0 atom stereocenters. The zero-order valence-corrected chi connectivity index (χ0v) is 7.88. The van der Waals surface area contributed by atoms with Crippen LogP contribution in [0.2, 0.25) is 0 Å². The molecular weight excluding hydrogens is 192 g/mol. The zero-order valence-electron chi connectivity index (χ0n) is 7.88. The molecule has 2 aromatic carbocycles. The van der Waals surface area contributed by atoms with Gasteiger partial charge in [-0.3, -0.25) is 0 Å². The van der Waals surface area contributed by atoms with Crippen LogP contribution >= 0.6 is 0 Å². The van der Waals surface area contributed by atoms with Gasteiger partial charge in [0.2, 0.25) is 0 Å². The average Bonchev–Trinajstić information content (AvgIpc) is 2.25. The van der Waals surface area contributed by atoms with Crippen LogP contribution < -0.4 is 0 Å². The molecule has 0 aliphatic heterocycles. The lowest BCUT2D eigenvalue weighted by Gasteiger charge is -2.06. The Bertz CT molecular complexity index is 478. The molecule has 15 heavy (non-hydrogen) atoms. The quantitative estimate of drug-likeness (QED) is 0.491. The number of aromatic hydroxyl groups is 3. The van der Waals surface area contributed by atoms with Crippen LogP contribution in [0.4, 0.5) is 0 Å². The average molecular weight is 202 g/mol. The molecule has 2 rings (SSSR count). The minimum Gasteiger partial charge on any atom is -0.507 e. The third kappa shape index (κ3) is 1.72. The Morgan fingerprint density at radius 2 is 1.27 bits per heavy atom. The first-order valence-corrected chi connectivity index (χ1v) is 4.49. The molecule has 0 unspecified atom stereocenters. The van der Waals surface area contributed by atoms with Crippen molar-refractivity contribution in [3.05, 3.63) is 42.5 Å². The fourth-order valence-electron chi connectivity index (χ4n) is 1.41. The van der Waals surface area contributed by atoms with Gasteiger partial charge in [-0.25, -0.2) is 0 Å². The number of benzene rings is 2. The zero-order chi connectivity index (χ0) is 10.8. The summed E-state index contributed by atoms with van der Waals surface area (Å²) in [4.78, 5) is 0. The van der Waals surface area contributed by atoms with E-state index >= 15 is 0 Å². The number of rotatable bonds is 1. The molecule has 0 amide bonds. The molecule has 0 bridgehead atoms. The SMILES string of the molecule is Oc1cc(O)c(-c2ccccc2)cc1O. The van der Waals surface area contributed by atoms with Gasteiger partial charge in [0.05, 0.1) is 0 Å². The van der Waals surface area contributed by atoms with Crippen molar-refractivity contribution in [3.8, 4) is 28.4 Å². The van der Waals surface area contributed by atoms with Crippen LogP contribution in [-0.4, -0.2) is 15.3 Å². The van der Waals surface area contributed by atoms with Crippen molar-refractivity contribution >= 4 is 0 Å². The van der Waals surface area contributed by atoms with Crippen molar-refractivity contribution in [2.45, 2.75) is 0 Å². The minimum absolute atomic E-state index is 0.0588. The van der Waals surface area contributed by atoms with Crippen LogP contribution in [0.15, 0.2) is 42.5 Å². The molecule has 0 spiro atoms. The lowest BCUT2D eigenvalue weighted by atomic mass is 10.0. The maximum absolute atomic E-state index is 9.60. The Labute approximate surface area is 86.9 Å². The predicted octanol–water partition coefficient (Wildman–Crippen LogP) is 2.47. The highest BCUT2D eigenvalue weighted by Gasteiger charge is 2.08.